The molecule has 1 N–H and O–H groups in total. The van der Waals surface area contributed by atoms with Crippen molar-refractivity contribution in [3.8, 4) is 0 Å². The molecule has 1 atom stereocenters. The maximum Gasteiger partial charge on any atom is 0.246 e. The summed E-state index contributed by atoms with van der Waals surface area (Å²) in [6, 6.07) is 6.05. The Balaban J connectivity index is 2.16. The fraction of sp³-hybridized carbons (Fsp3) is 0.188. The van der Waals surface area contributed by atoms with Crippen LogP contribution in [0.15, 0.2) is 41.3 Å². The molecule has 1 aliphatic rings. The molecule has 0 aromatic heterocycles. The van der Waals surface area contributed by atoms with Gasteiger partial charge in [0, 0.05) is 17.1 Å². The number of nitrogens with one attached hydrogen (secondary N) is 1. The first-order valence-electron chi connectivity index (χ1n) is 7.27. The van der Waals surface area contributed by atoms with E-state index in [4.69, 9.17) is 11.6 Å². The predicted octanol–water partition coefficient (Wildman–Crippen LogP) is 3.15. The molecule has 0 unspecified atom stereocenters. The summed E-state index contributed by atoms with van der Waals surface area (Å²) in [4.78, 5) is 12.1. The monoisotopic (exact) mass is 386 g/mol. The molecule has 0 aliphatic carbocycles. The van der Waals surface area contributed by atoms with Crippen LogP contribution in [0.1, 0.15) is 12.5 Å². The summed E-state index contributed by atoms with van der Waals surface area (Å²) in [7, 11) is -4.22. The van der Waals surface area contributed by atoms with E-state index in [1.807, 2.05) is 0 Å². The zero-order chi connectivity index (χ0) is 18.4. The van der Waals surface area contributed by atoms with Crippen LogP contribution in [-0.2, 0) is 21.4 Å². The lowest BCUT2D eigenvalue weighted by molar-refractivity contribution is -0.119. The fourth-order valence-corrected chi connectivity index (χ4v) is 4.55. The smallest absolute Gasteiger partial charge is 0.246 e. The maximum atomic E-state index is 14.0. The fourth-order valence-electron chi connectivity index (χ4n) is 2.58. The van der Waals surface area contributed by atoms with E-state index in [0.29, 0.717) is 0 Å². The molecule has 1 amide bonds. The standard InChI is InChI=1S/C16H13ClF2N2O3S/c1-9-16(22)20-14-6-5-10(17)7-15(14)25(23,24)21(9)8-11-12(18)3-2-4-13(11)19/h2-7,9H,8H2,1H3,(H,20,22)/t9-/m0/s1. The number of halogens is 3. The first-order valence-corrected chi connectivity index (χ1v) is 9.09. The van der Waals surface area contributed by atoms with E-state index >= 15 is 0 Å². The highest BCUT2D eigenvalue weighted by atomic mass is 35.5. The topological polar surface area (TPSA) is 66.5 Å². The average molecular weight is 387 g/mol. The summed E-state index contributed by atoms with van der Waals surface area (Å²) in [6.45, 7) is 0.723. The van der Waals surface area contributed by atoms with Crippen molar-refractivity contribution < 1.29 is 22.0 Å². The number of rotatable bonds is 2. The number of fused-ring (bicyclic) bond motifs is 1. The van der Waals surface area contributed by atoms with Gasteiger partial charge in [-0.3, -0.25) is 4.79 Å². The summed E-state index contributed by atoms with van der Waals surface area (Å²) in [5.41, 5.74) is -0.367. The van der Waals surface area contributed by atoms with Crippen LogP contribution in [0.5, 0.6) is 0 Å². The Labute approximate surface area is 148 Å². The summed E-state index contributed by atoms with van der Waals surface area (Å²) in [6.07, 6.45) is 0. The van der Waals surface area contributed by atoms with Gasteiger partial charge in [0.25, 0.3) is 0 Å². The molecule has 0 spiro atoms. The minimum Gasteiger partial charge on any atom is -0.323 e. The number of amides is 1. The van der Waals surface area contributed by atoms with Crippen molar-refractivity contribution in [2.75, 3.05) is 5.32 Å². The molecule has 2 aromatic rings. The highest BCUT2D eigenvalue weighted by Gasteiger charge is 2.39. The van der Waals surface area contributed by atoms with E-state index in [2.05, 4.69) is 5.32 Å². The van der Waals surface area contributed by atoms with Gasteiger partial charge in [-0.25, -0.2) is 17.2 Å². The van der Waals surface area contributed by atoms with Gasteiger partial charge in [-0.1, -0.05) is 17.7 Å². The molecule has 0 bridgehead atoms. The van der Waals surface area contributed by atoms with Crippen LogP contribution < -0.4 is 5.32 Å². The van der Waals surface area contributed by atoms with Gasteiger partial charge in [0.15, 0.2) is 0 Å². The molecule has 0 radical (unpaired) electrons. The molecule has 1 heterocycles. The van der Waals surface area contributed by atoms with Crippen molar-refractivity contribution in [2.24, 2.45) is 0 Å². The average Bonchev–Trinajstić information content (AvgIpc) is 2.60. The van der Waals surface area contributed by atoms with Gasteiger partial charge >= 0.3 is 0 Å². The van der Waals surface area contributed by atoms with Crippen LogP contribution in [0.4, 0.5) is 14.5 Å². The van der Waals surface area contributed by atoms with Gasteiger partial charge in [-0.15, -0.1) is 0 Å². The zero-order valence-electron chi connectivity index (χ0n) is 13.0. The molecular formula is C16H13ClF2N2O3S. The number of carbonyl (C=O) groups is 1. The Morgan fingerprint density at radius 3 is 2.48 bits per heavy atom. The quantitative estimate of drug-likeness (QED) is 0.862. The molecule has 25 heavy (non-hydrogen) atoms. The van der Waals surface area contributed by atoms with Crippen molar-refractivity contribution in [1.29, 1.82) is 0 Å². The first kappa shape index (κ1) is 17.8. The van der Waals surface area contributed by atoms with Crippen molar-refractivity contribution in [3.05, 3.63) is 58.6 Å². The predicted molar refractivity (Wildman–Crippen MR) is 88.6 cm³/mol. The van der Waals surface area contributed by atoms with Gasteiger partial charge in [0.05, 0.1) is 5.69 Å². The largest absolute Gasteiger partial charge is 0.323 e. The van der Waals surface area contributed by atoms with Gasteiger partial charge in [0.1, 0.15) is 22.6 Å². The molecule has 0 saturated heterocycles. The summed E-state index contributed by atoms with van der Waals surface area (Å²) in [5, 5.41) is 2.65. The van der Waals surface area contributed by atoms with Crippen molar-refractivity contribution in [2.45, 2.75) is 24.4 Å². The van der Waals surface area contributed by atoms with Crippen LogP contribution in [0.2, 0.25) is 5.02 Å². The number of sulfonamides is 1. The number of anilines is 1. The van der Waals surface area contributed by atoms with Crippen LogP contribution in [0, 0.1) is 11.6 Å². The molecule has 5 nitrogen and oxygen atoms in total. The van der Waals surface area contributed by atoms with Crippen molar-refractivity contribution >= 4 is 33.2 Å². The van der Waals surface area contributed by atoms with Crippen molar-refractivity contribution in [1.82, 2.24) is 4.31 Å². The highest BCUT2D eigenvalue weighted by molar-refractivity contribution is 7.89. The minimum absolute atomic E-state index is 0.0674. The Morgan fingerprint density at radius 1 is 1.20 bits per heavy atom. The van der Waals surface area contributed by atoms with E-state index in [1.165, 1.54) is 31.2 Å². The third kappa shape index (κ3) is 3.12. The third-order valence-corrected chi connectivity index (χ3v) is 6.17. The normalized spacial score (nSPS) is 19.8. The minimum atomic E-state index is -4.22. The Hall–Kier alpha value is -2.03. The summed E-state index contributed by atoms with van der Waals surface area (Å²) >= 11 is 5.87. The molecule has 3 rings (SSSR count). The van der Waals surface area contributed by atoms with Crippen LogP contribution in [0.3, 0.4) is 0 Å². The molecule has 0 fully saturated rings. The molecule has 0 saturated carbocycles. The SMILES string of the molecule is C[C@H]1C(=O)Nc2ccc(Cl)cc2S(=O)(=O)N1Cc1c(F)cccc1F. The maximum absolute atomic E-state index is 14.0. The van der Waals surface area contributed by atoms with Gasteiger partial charge in [-0.2, -0.15) is 4.31 Å². The van der Waals surface area contributed by atoms with E-state index in [0.717, 1.165) is 16.4 Å². The number of carbonyl (C=O) groups excluding carboxylic acids is 1. The Morgan fingerprint density at radius 2 is 1.84 bits per heavy atom. The Kier molecular flexibility index (Phi) is 4.52. The van der Waals surface area contributed by atoms with Crippen molar-refractivity contribution in [3.63, 3.8) is 0 Å². The molecule has 1 aliphatic heterocycles. The molecular weight excluding hydrogens is 374 g/mol. The second-order valence-corrected chi connectivity index (χ2v) is 7.85. The second kappa shape index (κ2) is 6.36. The van der Waals surface area contributed by atoms with E-state index < -0.39 is 45.7 Å². The highest BCUT2D eigenvalue weighted by Crippen LogP contribution is 2.33. The van der Waals surface area contributed by atoms with Gasteiger partial charge in [-0.05, 0) is 37.3 Å². The van der Waals surface area contributed by atoms with E-state index in [-0.39, 0.29) is 15.6 Å². The number of nitrogens with zero attached hydrogens (tertiary/aromatic N) is 1. The number of hydrogen-bond acceptors (Lipinski definition) is 3. The first-order chi connectivity index (χ1) is 11.7. The second-order valence-electron chi connectivity index (χ2n) is 5.56. The summed E-state index contributed by atoms with van der Waals surface area (Å²) in [5.74, 6) is -2.39. The van der Waals surface area contributed by atoms with E-state index in [1.54, 1.807) is 0 Å². The molecule has 2 aromatic carbocycles. The lowest BCUT2D eigenvalue weighted by Crippen LogP contribution is -2.43. The summed E-state index contributed by atoms with van der Waals surface area (Å²) < 4.78 is 54.7. The lowest BCUT2D eigenvalue weighted by Gasteiger charge is -2.25. The number of benzene rings is 2. The van der Waals surface area contributed by atoms with Crippen LogP contribution in [-0.4, -0.2) is 24.7 Å². The van der Waals surface area contributed by atoms with Gasteiger partial charge < -0.3 is 5.32 Å². The van der Waals surface area contributed by atoms with Crippen LogP contribution in [0.25, 0.3) is 0 Å². The zero-order valence-corrected chi connectivity index (χ0v) is 14.5. The molecule has 132 valence electrons. The van der Waals surface area contributed by atoms with Crippen LogP contribution >= 0.6 is 11.6 Å². The number of hydrogen-bond donors (Lipinski definition) is 1. The Bertz CT molecular complexity index is 946. The van der Waals surface area contributed by atoms with E-state index in [9.17, 15) is 22.0 Å². The molecule has 9 heteroatoms. The lowest BCUT2D eigenvalue weighted by atomic mass is 10.2. The van der Waals surface area contributed by atoms with Gasteiger partial charge in [0.2, 0.25) is 15.9 Å². The third-order valence-electron chi connectivity index (χ3n) is 3.98.